The van der Waals surface area contributed by atoms with Crippen LogP contribution < -0.4 is 20.3 Å². The molecule has 8 nitrogen and oxygen atoms in total. The van der Waals surface area contributed by atoms with Gasteiger partial charge in [-0.3, -0.25) is 9.78 Å². The quantitative estimate of drug-likeness (QED) is 0.701. The van der Waals surface area contributed by atoms with Crippen LogP contribution in [0.1, 0.15) is 24.7 Å². The fourth-order valence-corrected chi connectivity index (χ4v) is 2.71. The molecule has 0 amide bonds. The van der Waals surface area contributed by atoms with E-state index < -0.39 is 0 Å². The summed E-state index contributed by atoms with van der Waals surface area (Å²) < 4.78 is 15.9. The lowest BCUT2D eigenvalue weighted by molar-refractivity contribution is 0.174. The molecule has 134 valence electrons. The first-order valence-electron chi connectivity index (χ1n) is 8.41. The summed E-state index contributed by atoms with van der Waals surface area (Å²) in [5, 5.41) is 7.11. The van der Waals surface area contributed by atoms with Crippen LogP contribution in [-0.2, 0) is 13.0 Å². The second-order valence-electron chi connectivity index (χ2n) is 5.95. The number of aromatic amines is 1. The lowest BCUT2D eigenvalue weighted by atomic mass is 10.2. The monoisotopic (exact) mass is 354 g/mol. The third-order valence-electron chi connectivity index (χ3n) is 3.96. The zero-order valence-electron chi connectivity index (χ0n) is 14.2. The number of hydrogen-bond donors (Lipinski definition) is 2. The highest BCUT2D eigenvalue weighted by Gasteiger charge is 2.14. The minimum Gasteiger partial charge on any atom is -0.454 e. The summed E-state index contributed by atoms with van der Waals surface area (Å²) in [6, 6.07) is 8.89. The Morgan fingerprint density at radius 1 is 1.15 bits per heavy atom. The van der Waals surface area contributed by atoms with Crippen LogP contribution in [0, 0.1) is 0 Å². The number of fused-ring (bicyclic) bond motifs is 1. The van der Waals surface area contributed by atoms with E-state index in [1.807, 2.05) is 24.3 Å². The molecule has 1 aliphatic heterocycles. The number of ether oxygens (including phenoxy) is 2. The molecule has 0 bridgehead atoms. The first-order chi connectivity index (χ1) is 12.7. The molecule has 8 heteroatoms. The van der Waals surface area contributed by atoms with Crippen molar-refractivity contribution < 1.29 is 14.0 Å². The van der Waals surface area contributed by atoms with Crippen LogP contribution in [0.4, 0.5) is 5.95 Å². The van der Waals surface area contributed by atoms with Crippen molar-refractivity contribution >= 4 is 5.95 Å². The molecule has 0 fully saturated rings. The van der Waals surface area contributed by atoms with E-state index in [1.54, 1.807) is 0 Å². The Morgan fingerprint density at radius 3 is 2.92 bits per heavy atom. The van der Waals surface area contributed by atoms with Crippen LogP contribution in [0.5, 0.6) is 11.5 Å². The van der Waals surface area contributed by atoms with E-state index in [0.29, 0.717) is 29.6 Å². The number of aromatic nitrogens is 3. The second kappa shape index (κ2) is 6.91. The molecule has 0 spiro atoms. The Hall–Kier alpha value is -3.29. The van der Waals surface area contributed by atoms with E-state index in [1.165, 1.54) is 6.07 Å². The molecular formula is C18H18N4O4. The van der Waals surface area contributed by atoms with Crippen molar-refractivity contribution in [2.24, 2.45) is 0 Å². The molecule has 1 aliphatic rings. The van der Waals surface area contributed by atoms with Crippen LogP contribution in [0.3, 0.4) is 0 Å². The maximum Gasteiger partial charge on any atom is 0.252 e. The van der Waals surface area contributed by atoms with Crippen molar-refractivity contribution in [1.82, 2.24) is 15.1 Å². The predicted molar refractivity (Wildman–Crippen MR) is 94.2 cm³/mol. The van der Waals surface area contributed by atoms with Crippen LogP contribution in [0.2, 0.25) is 0 Å². The standard InChI is InChI=1S/C18H18N4O4/c1-2-3-12-7-14(22-26-12)13-8-17(23)21-18(20-13)19-9-11-4-5-15-16(6-11)25-10-24-15/h4-8H,2-3,9-10H2,1H3,(H2,19,20,21,23). The smallest absolute Gasteiger partial charge is 0.252 e. The SMILES string of the molecule is CCCc1cc(-c2cc(=O)[nH]c(NCc3ccc4c(c3)OCO4)n2)no1. The number of rotatable bonds is 6. The molecule has 0 saturated heterocycles. The predicted octanol–water partition coefficient (Wildman–Crippen LogP) is 2.72. The third-order valence-corrected chi connectivity index (χ3v) is 3.96. The van der Waals surface area contributed by atoms with Gasteiger partial charge in [0.25, 0.3) is 5.56 Å². The lowest BCUT2D eigenvalue weighted by Gasteiger charge is -2.07. The number of nitrogens with one attached hydrogen (secondary N) is 2. The van der Waals surface area contributed by atoms with Gasteiger partial charge in [-0.25, -0.2) is 4.98 Å². The van der Waals surface area contributed by atoms with Gasteiger partial charge in [0.2, 0.25) is 12.7 Å². The summed E-state index contributed by atoms with van der Waals surface area (Å²) in [5.41, 5.74) is 1.73. The van der Waals surface area contributed by atoms with Crippen LogP contribution in [0.25, 0.3) is 11.4 Å². The Kier molecular flexibility index (Phi) is 4.30. The largest absolute Gasteiger partial charge is 0.454 e. The summed E-state index contributed by atoms with van der Waals surface area (Å²) >= 11 is 0. The molecule has 0 saturated carbocycles. The fraction of sp³-hybridized carbons (Fsp3) is 0.278. The lowest BCUT2D eigenvalue weighted by Crippen LogP contribution is -2.12. The van der Waals surface area contributed by atoms with Crippen LogP contribution >= 0.6 is 0 Å². The van der Waals surface area contributed by atoms with E-state index in [2.05, 4.69) is 27.4 Å². The average molecular weight is 354 g/mol. The van der Waals surface area contributed by atoms with E-state index in [-0.39, 0.29) is 12.4 Å². The molecule has 3 heterocycles. The summed E-state index contributed by atoms with van der Waals surface area (Å²) in [5.74, 6) is 2.59. The van der Waals surface area contributed by atoms with Crippen molar-refractivity contribution in [3.05, 3.63) is 52.0 Å². The molecule has 2 aromatic heterocycles. The Morgan fingerprint density at radius 2 is 2.04 bits per heavy atom. The average Bonchev–Trinajstić information content (AvgIpc) is 3.28. The van der Waals surface area contributed by atoms with Gasteiger partial charge in [-0.05, 0) is 24.1 Å². The molecule has 0 unspecified atom stereocenters. The van der Waals surface area contributed by atoms with Gasteiger partial charge in [0.05, 0.1) is 0 Å². The summed E-state index contributed by atoms with van der Waals surface area (Å²) in [4.78, 5) is 19.1. The first-order valence-corrected chi connectivity index (χ1v) is 8.41. The number of H-pyrrole nitrogens is 1. The van der Waals surface area contributed by atoms with Gasteiger partial charge in [0.1, 0.15) is 17.1 Å². The Balaban J connectivity index is 1.51. The molecular weight excluding hydrogens is 336 g/mol. The zero-order valence-corrected chi connectivity index (χ0v) is 14.2. The zero-order chi connectivity index (χ0) is 17.9. The van der Waals surface area contributed by atoms with E-state index in [0.717, 1.165) is 29.9 Å². The summed E-state index contributed by atoms with van der Waals surface area (Å²) in [6.45, 7) is 2.77. The van der Waals surface area contributed by atoms with Gasteiger partial charge >= 0.3 is 0 Å². The molecule has 0 atom stereocenters. The van der Waals surface area contributed by atoms with Gasteiger partial charge in [-0.2, -0.15) is 0 Å². The minimum absolute atomic E-state index is 0.237. The summed E-state index contributed by atoms with van der Waals surface area (Å²) in [6.07, 6.45) is 1.76. The molecule has 0 aliphatic carbocycles. The number of anilines is 1. The number of nitrogens with zero attached hydrogens (tertiary/aromatic N) is 2. The van der Waals surface area contributed by atoms with Gasteiger partial charge < -0.3 is 19.3 Å². The Bertz CT molecular complexity index is 979. The van der Waals surface area contributed by atoms with Crippen molar-refractivity contribution in [3.8, 4) is 22.9 Å². The van der Waals surface area contributed by atoms with Gasteiger partial charge in [0, 0.05) is 25.1 Å². The third kappa shape index (κ3) is 3.39. The highest BCUT2D eigenvalue weighted by Crippen LogP contribution is 2.32. The van der Waals surface area contributed by atoms with Gasteiger partial charge in [-0.1, -0.05) is 18.1 Å². The first kappa shape index (κ1) is 16.2. The normalized spacial score (nSPS) is 12.3. The van der Waals surface area contributed by atoms with E-state index in [9.17, 15) is 4.79 Å². The highest BCUT2D eigenvalue weighted by atomic mass is 16.7. The Labute approximate surface area is 149 Å². The number of hydrogen-bond acceptors (Lipinski definition) is 7. The topological polar surface area (TPSA) is 102 Å². The molecule has 4 rings (SSSR count). The minimum atomic E-state index is -0.261. The van der Waals surface area contributed by atoms with Gasteiger partial charge in [0.15, 0.2) is 11.5 Å². The number of benzene rings is 1. The van der Waals surface area contributed by atoms with E-state index >= 15 is 0 Å². The van der Waals surface area contributed by atoms with Crippen molar-refractivity contribution in [2.75, 3.05) is 12.1 Å². The second-order valence-corrected chi connectivity index (χ2v) is 5.95. The fourth-order valence-electron chi connectivity index (χ4n) is 2.71. The maximum atomic E-state index is 12.0. The number of aryl methyl sites for hydroxylation is 1. The molecule has 0 radical (unpaired) electrons. The molecule has 2 N–H and O–H groups in total. The van der Waals surface area contributed by atoms with Crippen LogP contribution in [-0.4, -0.2) is 21.9 Å². The van der Waals surface area contributed by atoms with Crippen molar-refractivity contribution in [1.29, 1.82) is 0 Å². The molecule has 26 heavy (non-hydrogen) atoms. The van der Waals surface area contributed by atoms with Crippen molar-refractivity contribution in [3.63, 3.8) is 0 Å². The van der Waals surface area contributed by atoms with Crippen molar-refractivity contribution in [2.45, 2.75) is 26.3 Å². The van der Waals surface area contributed by atoms with E-state index in [4.69, 9.17) is 14.0 Å². The van der Waals surface area contributed by atoms with Crippen LogP contribution in [0.15, 0.2) is 39.6 Å². The van der Waals surface area contributed by atoms with Gasteiger partial charge in [-0.15, -0.1) is 0 Å². The summed E-state index contributed by atoms with van der Waals surface area (Å²) in [7, 11) is 0. The molecule has 1 aromatic carbocycles. The highest BCUT2D eigenvalue weighted by molar-refractivity contribution is 5.55. The maximum absolute atomic E-state index is 12.0. The molecule has 3 aromatic rings.